The number of nitrogens with zero attached hydrogens (tertiary/aromatic N) is 5. The van der Waals surface area contributed by atoms with E-state index in [4.69, 9.17) is 0 Å². The van der Waals surface area contributed by atoms with Gasteiger partial charge in [-0.25, -0.2) is 4.68 Å². The topological polar surface area (TPSA) is 75.9 Å². The van der Waals surface area contributed by atoms with Crippen molar-refractivity contribution in [3.8, 4) is 0 Å². The Balaban J connectivity index is 1.43. The maximum absolute atomic E-state index is 12.2. The molecule has 1 aromatic carbocycles. The number of carbonyl (C=O) groups is 1. The minimum Gasteiger partial charge on any atom is -0.350 e. The fourth-order valence-electron chi connectivity index (χ4n) is 3.87. The molecular weight excluding hydrogens is 364 g/mol. The molecular formula is C22H28N6O. The van der Waals surface area contributed by atoms with Gasteiger partial charge in [-0.15, -0.1) is 5.10 Å². The van der Waals surface area contributed by atoms with Crippen LogP contribution in [0.1, 0.15) is 48.8 Å². The highest BCUT2D eigenvalue weighted by Gasteiger charge is 2.24. The fraction of sp³-hybridized carbons (Fsp3) is 0.455. The van der Waals surface area contributed by atoms with Crippen LogP contribution in [0.2, 0.25) is 0 Å². The third-order valence-corrected chi connectivity index (χ3v) is 5.38. The van der Waals surface area contributed by atoms with Crippen LogP contribution < -0.4 is 5.32 Å². The van der Waals surface area contributed by atoms with Crippen molar-refractivity contribution in [1.82, 2.24) is 30.2 Å². The molecule has 3 heterocycles. The molecule has 0 spiro atoms. The third-order valence-electron chi connectivity index (χ3n) is 5.38. The first kappa shape index (κ1) is 19.5. The first-order valence-electron chi connectivity index (χ1n) is 10.3. The molecule has 1 amide bonds. The largest absolute Gasteiger partial charge is 0.350 e. The number of likely N-dealkylation sites (tertiary alicyclic amines) is 1. The molecule has 1 aliphatic rings. The predicted octanol–water partition coefficient (Wildman–Crippen LogP) is 3.05. The molecule has 1 aliphatic heterocycles. The van der Waals surface area contributed by atoms with Gasteiger partial charge >= 0.3 is 0 Å². The van der Waals surface area contributed by atoms with Gasteiger partial charge in [0.1, 0.15) is 0 Å². The van der Waals surface area contributed by atoms with E-state index in [9.17, 15) is 4.79 Å². The number of benzene rings is 1. The van der Waals surface area contributed by atoms with Gasteiger partial charge in [-0.1, -0.05) is 43.3 Å². The van der Waals surface area contributed by atoms with Crippen molar-refractivity contribution in [3.05, 3.63) is 54.0 Å². The number of fused-ring (bicyclic) bond motifs is 1. The van der Waals surface area contributed by atoms with Gasteiger partial charge in [-0.05, 0) is 36.9 Å². The molecule has 4 rings (SSSR count). The zero-order valence-electron chi connectivity index (χ0n) is 17.1. The molecule has 152 valence electrons. The number of amides is 1. The monoisotopic (exact) mass is 392 g/mol. The Labute approximate surface area is 171 Å². The quantitative estimate of drug-likeness (QED) is 0.698. The Kier molecular flexibility index (Phi) is 5.85. The highest BCUT2D eigenvalue weighted by molar-refractivity contribution is 5.91. The SMILES string of the molecule is CC(C)CNC(=O)c1cn(C2CCCN(Cc3cccc4cccnc34)C2)nn1. The van der Waals surface area contributed by atoms with E-state index in [-0.39, 0.29) is 11.9 Å². The summed E-state index contributed by atoms with van der Waals surface area (Å²) >= 11 is 0. The molecule has 29 heavy (non-hydrogen) atoms. The lowest BCUT2D eigenvalue weighted by atomic mass is 10.0. The van der Waals surface area contributed by atoms with Gasteiger partial charge in [-0.2, -0.15) is 0 Å². The summed E-state index contributed by atoms with van der Waals surface area (Å²) in [5.41, 5.74) is 2.71. The van der Waals surface area contributed by atoms with Crippen LogP contribution in [0.15, 0.2) is 42.7 Å². The number of rotatable bonds is 6. The highest BCUT2D eigenvalue weighted by Crippen LogP contribution is 2.24. The molecule has 1 saturated heterocycles. The Morgan fingerprint density at radius 3 is 3.00 bits per heavy atom. The van der Waals surface area contributed by atoms with E-state index in [1.165, 1.54) is 10.9 Å². The van der Waals surface area contributed by atoms with E-state index < -0.39 is 0 Å². The van der Waals surface area contributed by atoms with Crippen LogP contribution in [0.4, 0.5) is 0 Å². The second kappa shape index (κ2) is 8.69. The number of para-hydroxylation sites is 1. The second-order valence-corrected chi connectivity index (χ2v) is 8.21. The van der Waals surface area contributed by atoms with E-state index in [1.54, 1.807) is 6.20 Å². The fourth-order valence-corrected chi connectivity index (χ4v) is 3.87. The number of hydrogen-bond acceptors (Lipinski definition) is 5. The van der Waals surface area contributed by atoms with Gasteiger partial charge < -0.3 is 5.32 Å². The summed E-state index contributed by atoms with van der Waals surface area (Å²) in [4.78, 5) is 19.3. The minimum atomic E-state index is -0.153. The predicted molar refractivity (Wildman–Crippen MR) is 112 cm³/mol. The van der Waals surface area contributed by atoms with Crippen LogP contribution >= 0.6 is 0 Å². The Hall–Kier alpha value is -2.80. The summed E-state index contributed by atoms with van der Waals surface area (Å²) in [6.45, 7) is 7.58. The molecule has 1 fully saturated rings. The van der Waals surface area contributed by atoms with Gasteiger partial charge in [0.15, 0.2) is 5.69 Å². The molecule has 0 aliphatic carbocycles. The average molecular weight is 393 g/mol. The Morgan fingerprint density at radius 2 is 2.14 bits per heavy atom. The smallest absolute Gasteiger partial charge is 0.273 e. The van der Waals surface area contributed by atoms with Crippen LogP contribution in [0.3, 0.4) is 0 Å². The maximum Gasteiger partial charge on any atom is 0.273 e. The highest BCUT2D eigenvalue weighted by atomic mass is 16.2. The van der Waals surface area contributed by atoms with Crippen molar-refractivity contribution < 1.29 is 4.79 Å². The van der Waals surface area contributed by atoms with Crippen molar-refractivity contribution >= 4 is 16.8 Å². The Bertz CT molecular complexity index is 977. The molecule has 3 aromatic rings. The minimum absolute atomic E-state index is 0.153. The normalized spacial score (nSPS) is 17.7. The second-order valence-electron chi connectivity index (χ2n) is 8.21. The van der Waals surface area contributed by atoms with Crippen molar-refractivity contribution in [1.29, 1.82) is 0 Å². The molecule has 7 nitrogen and oxygen atoms in total. The van der Waals surface area contributed by atoms with Crippen molar-refractivity contribution in [2.24, 2.45) is 5.92 Å². The van der Waals surface area contributed by atoms with Gasteiger partial charge in [0.2, 0.25) is 0 Å². The standard InChI is InChI=1S/C22H28N6O/c1-16(2)12-24-22(29)20-15-28(26-25-20)19-9-5-11-27(14-19)13-18-7-3-6-17-8-4-10-23-21(17)18/h3-4,6-8,10,15-16,19H,5,9,11-14H2,1-2H3,(H,24,29). The van der Waals surface area contributed by atoms with E-state index in [1.807, 2.05) is 16.9 Å². The zero-order valence-corrected chi connectivity index (χ0v) is 17.1. The molecule has 0 saturated carbocycles. The van der Waals surface area contributed by atoms with Crippen LogP contribution in [0, 0.1) is 5.92 Å². The van der Waals surface area contributed by atoms with Gasteiger partial charge in [0, 0.05) is 31.2 Å². The van der Waals surface area contributed by atoms with Crippen LogP contribution in [0.5, 0.6) is 0 Å². The number of carbonyl (C=O) groups excluding carboxylic acids is 1. The maximum atomic E-state index is 12.2. The van der Waals surface area contributed by atoms with Crippen LogP contribution in [-0.2, 0) is 6.54 Å². The number of aromatic nitrogens is 4. The number of pyridine rings is 1. The van der Waals surface area contributed by atoms with Gasteiger partial charge in [0.25, 0.3) is 5.91 Å². The summed E-state index contributed by atoms with van der Waals surface area (Å²) in [5.74, 6) is 0.254. The van der Waals surface area contributed by atoms with Crippen molar-refractivity contribution in [2.45, 2.75) is 39.3 Å². The molecule has 2 aromatic heterocycles. The van der Waals surface area contributed by atoms with E-state index in [2.05, 4.69) is 63.6 Å². The van der Waals surface area contributed by atoms with Gasteiger partial charge in [-0.3, -0.25) is 14.7 Å². The lowest BCUT2D eigenvalue weighted by Gasteiger charge is -2.32. The average Bonchev–Trinajstić information content (AvgIpc) is 3.23. The van der Waals surface area contributed by atoms with E-state index >= 15 is 0 Å². The number of hydrogen-bond donors (Lipinski definition) is 1. The molecule has 1 N–H and O–H groups in total. The van der Waals surface area contributed by atoms with Gasteiger partial charge in [0.05, 0.1) is 17.8 Å². The molecule has 7 heteroatoms. The molecule has 0 bridgehead atoms. The lowest BCUT2D eigenvalue weighted by molar-refractivity contribution is 0.0944. The summed E-state index contributed by atoms with van der Waals surface area (Å²) in [7, 11) is 0. The van der Waals surface area contributed by atoms with Crippen molar-refractivity contribution in [3.63, 3.8) is 0 Å². The first-order chi connectivity index (χ1) is 14.1. The molecule has 0 radical (unpaired) electrons. The molecule has 1 atom stereocenters. The number of piperidine rings is 1. The van der Waals surface area contributed by atoms with E-state index in [0.29, 0.717) is 18.2 Å². The lowest BCUT2D eigenvalue weighted by Crippen LogP contribution is -2.36. The summed E-state index contributed by atoms with van der Waals surface area (Å²) in [6.07, 6.45) is 5.77. The summed E-state index contributed by atoms with van der Waals surface area (Å²) in [5, 5.41) is 12.4. The van der Waals surface area contributed by atoms with Crippen LogP contribution in [-0.4, -0.2) is 50.4 Å². The Morgan fingerprint density at radius 1 is 1.28 bits per heavy atom. The summed E-state index contributed by atoms with van der Waals surface area (Å²) in [6, 6.07) is 10.7. The third kappa shape index (κ3) is 4.62. The van der Waals surface area contributed by atoms with Crippen molar-refractivity contribution in [2.75, 3.05) is 19.6 Å². The number of nitrogens with one attached hydrogen (secondary N) is 1. The zero-order chi connectivity index (χ0) is 20.2. The molecule has 1 unspecified atom stereocenters. The van der Waals surface area contributed by atoms with E-state index in [0.717, 1.165) is 38.0 Å². The first-order valence-corrected chi connectivity index (χ1v) is 10.3. The summed E-state index contributed by atoms with van der Waals surface area (Å²) < 4.78 is 1.86. The van der Waals surface area contributed by atoms with Crippen LogP contribution in [0.25, 0.3) is 10.9 Å².